The SMILES string of the molecule is CCCc1ccc(-c2ccc(CCc3ccc(CCC)cc3F)cc2)cc1. The van der Waals surface area contributed by atoms with E-state index < -0.39 is 0 Å². The number of aryl methyl sites for hydroxylation is 4. The van der Waals surface area contributed by atoms with Crippen molar-refractivity contribution in [3.8, 4) is 11.1 Å². The third-order valence-electron chi connectivity index (χ3n) is 5.12. The second kappa shape index (κ2) is 9.50. The van der Waals surface area contributed by atoms with Crippen molar-refractivity contribution in [1.29, 1.82) is 0 Å². The van der Waals surface area contributed by atoms with E-state index in [-0.39, 0.29) is 5.82 Å². The van der Waals surface area contributed by atoms with Gasteiger partial charge in [0.25, 0.3) is 0 Å². The van der Waals surface area contributed by atoms with Crippen LogP contribution in [0.4, 0.5) is 4.39 Å². The summed E-state index contributed by atoms with van der Waals surface area (Å²) in [4.78, 5) is 0. The molecule has 3 aromatic rings. The molecule has 0 nitrogen and oxygen atoms in total. The van der Waals surface area contributed by atoms with Gasteiger partial charge in [-0.1, -0.05) is 87.4 Å². The third-order valence-corrected chi connectivity index (χ3v) is 5.12. The van der Waals surface area contributed by atoms with Gasteiger partial charge >= 0.3 is 0 Å². The summed E-state index contributed by atoms with van der Waals surface area (Å²) >= 11 is 0. The lowest BCUT2D eigenvalue weighted by molar-refractivity contribution is 0.606. The zero-order valence-electron chi connectivity index (χ0n) is 16.5. The summed E-state index contributed by atoms with van der Waals surface area (Å²) in [7, 11) is 0. The summed E-state index contributed by atoms with van der Waals surface area (Å²) < 4.78 is 14.2. The van der Waals surface area contributed by atoms with Gasteiger partial charge in [0.2, 0.25) is 0 Å². The second-order valence-corrected chi connectivity index (χ2v) is 7.32. The van der Waals surface area contributed by atoms with Gasteiger partial charge in [-0.15, -0.1) is 0 Å². The second-order valence-electron chi connectivity index (χ2n) is 7.32. The average Bonchev–Trinajstić information content (AvgIpc) is 2.69. The molecular weight excluding hydrogens is 331 g/mol. The van der Waals surface area contributed by atoms with Crippen molar-refractivity contribution in [3.63, 3.8) is 0 Å². The van der Waals surface area contributed by atoms with E-state index in [0.29, 0.717) is 0 Å². The molecule has 0 saturated heterocycles. The summed E-state index contributed by atoms with van der Waals surface area (Å²) in [5.74, 6) is -0.0651. The van der Waals surface area contributed by atoms with Gasteiger partial charge in [-0.25, -0.2) is 4.39 Å². The maximum Gasteiger partial charge on any atom is 0.126 e. The van der Waals surface area contributed by atoms with Crippen molar-refractivity contribution in [2.75, 3.05) is 0 Å². The van der Waals surface area contributed by atoms with Crippen LogP contribution in [0.15, 0.2) is 66.7 Å². The smallest absolute Gasteiger partial charge is 0.126 e. The summed E-state index contributed by atoms with van der Waals surface area (Å²) in [6.07, 6.45) is 5.90. The molecule has 0 amide bonds. The van der Waals surface area contributed by atoms with E-state index in [4.69, 9.17) is 0 Å². The fraction of sp³-hybridized carbons (Fsp3) is 0.308. The van der Waals surface area contributed by atoms with Crippen molar-refractivity contribution in [1.82, 2.24) is 0 Å². The largest absolute Gasteiger partial charge is 0.207 e. The lowest BCUT2D eigenvalue weighted by Crippen LogP contribution is -1.96. The van der Waals surface area contributed by atoms with Gasteiger partial charge in [-0.05, 0) is 65.1 Å². The highest BCUT2D eigenvalue weighted by atomic mass is 19.1. The highest BCUT2D eigenvalue weighted by Crippen LogP contribution is 2.22. The minimum Gasteiger partial charge on any atom is -0.207 e. The van der Waals surface area contributed by atoms with Crippen LogP contribution in [0.1, 0.15) is 48.9 Å². The molecule has 0 N–H and O–H groups in total. The van der Waals surface area contributed by atoms with Gasteiger partial charge in [0.1, 0.15) is 5.82 Å². The summed E-state index contributed by atoms with van der Waals surface area (Å²) in [6, 6.07) is 23.2. The zero-order valence-corrected chi connectivity index (χ0v) is 16.5. The van der Waals surface area contributed by atoms with E-state index >= 15 is 0 Å². The predicted octanol–water partition coefficient (Wildman–Crippen LogP) is 7.18. The van der Waals surface area contributed by atoms with E-state index in [0.717, 1.165) is 43.2 Å². The van der Waals surface area contributed by atoms with Gasteiger partial charge in [0, 0.05) is 0 Å². The summed E-state index contributed by atoms with van der Waals surface area (Å²) in [5, 5.41) is 0. The predicted molar refractivity (Wildman–Crippen MR) is 114 cm³/mol. The Morgan fingerprint density at radius 1 is 0.556 bits per heavy atom. The minimum absolute atomic E-state index is 0.0651. The van der Waals surface area contributed by atoms with Crippen LogP contribution >= 0.6 is 0 Å². The third kappa shape index (κ3) is 5.29. The van der Waals surface area contributed by atoms with Crippen molar-refractivity contribution in [2.24, 2.45) is 0 Å². The van der Waals surface area contributed by atoms with Crippen LogP contribution in [0, 0.1) is 5.82 Å². The molecule has 0 aliphatic heterocycles. The molecule has 3 aromatic carbocycles. The number of hydrogen-bond acceptors (Lipinski definition) is 0. The Kier molecular flexibility index (Phi) is 6.81. The Balaban J connectivity index is 1.62. The maximum atomic E-state index is 14.2. The molecule has 0 heterocycles. The van der Waals surface area contributed by atoms with E-state index in [1.54, 1.807) is 6.07 Å². The van der Waals surface area contributed by atoms with Crippen LogP contribution < -0.4 is 0 Å². The van der Waals surface area contributed by atoms with Crippen LogP contribution in [0.2, 0.25) is 0 Å². The number of halogens is 1. The zero-order chi connectivity index (χ0) is 19.1. The topological polar surface area (TPSA) is 0 Å². The quantitative estimate of drug-likeness (QED) is 0.399. The van der Waals surface area contributed by atoms with Gasteiger partial charge in [-0.3, -0.25) is 0 Å². The number of rotatable bonds is 8. The van der Waals surface area contributed by atoms with E-state index in [2.05, 4.69) is 68.4 Å². The van der Waals surface area contributed by atoms with Crippen molar-refractivity contribution < 1.29 is 4.39 Å². The van der Waals surface area contributed by atoms with Crippen LogP contribution in [0.5, 0.6) is 0 Å². The van der Waals surface area contributed by atoms with Gasteiger partial charge in [0.05, 0.1) is 0 Å². The van der Waals surface area contributed by atoms with Crippen LogP contribution in [-0.4, -0.2) is 0 Å². The molecule has 1 heteroatoms. The highest BCUT2D eigenvalue weighted by molar-refractivity contribution is 5.64. The Morgan fingerprint density at radius 3 is 1.56 bits per heavy atom. The highest BCUT2D eigenvalue weighted by Gasteiger charge is 2.05. The molecule has 0 spiro atoms. The first-order chi connectivity index (χ1) is 13.2. The van der Waals surface area contributed by atoms with Gasteiger partial charge in [0.15, 0.2) is 0 Å². The van der Waals surface area contributed by atoms with Crippen molar-refractivity contribution in [3.05, 3.63) is 94.8 Å². The van der Waals surface area contributed by atoms with Crippen LogP contribution in [0.25, 0.3) is 11.1 Å². The number of hydrogen-bond donors (Lipinski definition) is 0. The Labute approximate surface area is 163 Å². The molecule has 0 radical (unpaired) electrons. The Hall–Kier alpha value is -2.41. The number of benzene rings is 3. The molecule has 3 rings (SSSR count). The molecule has 27 heavy (non-hydrogen) atoms. The molecule has 0 fully saturated rings. The Morgan fingerprint density at radius 2 is 1.04 bits per heavy atom. The summed E-state index contributed by atoms with van der Waals surface area (Å²) in [5.41, 5.74) is 7.03. The molecular formula is C26H29F. The van der Waals surface area contributed by atoms with Gasteiger partial charge < -0.3 is 0 Å². The first-order valence-electron chi connectivity index (χ1n) is 10.1. The van der Waals surface area contributed by atoms with Crippen LogP contribution in [-0.2, 0) is 25.7 Å². The summed E-state index contributed by atoms with van der Waals surface area (Å²) in [6.45, 7) is 4.33. The van der Waals surface area contributed by atoms with Gasteiger partial charge in [-0.2, -0.15) is 0 Å². The molecule has 140 valence electrons. The molecule has 0 unspecified atom stereocenters. The lowest BCUT2D eigenvalue weighted by Gasteiger charge is -2.08. The fourth-order valence-corrected chi connectivity index (χ4v) is 3.53. The first-order valence-corrected chi connectivity index (χ1v) is 10.1. The van der Waals surface area contributed by atoms with Crippen molar-refractivity contribution >= 4 is 0 Å². The monoisotopic (exact) mass is 360 g/mol. The first kappa shape index (κ1) is 19.4. The van der Waals surface area contributed by atoms with E-state index in [1.807, 2.05) is 6.07 Å². The standard InChI is InChI=1S/C26H29F/c1-3-5-20-7-13-23(14-8-20)24-15-9-21(10-16-24)11-17-25-18-12-22(6-4-2)19-26(25)27/h7-10,12-16,18-19H,3-6,11,17H2,1-2H3. The molecule has 0 aliphatic carbocycles. The van der Waals surface area contributed by atoms with Crippen molar-refractivity contribution in [2.45, 2.75) is 52.4 Å². The minimum atomic E-state index is -0.0651. The average molecular weight is 361 g/mol. The molecule has 0 saturated carbocycles. The van der Waals surface area contributed by atoms with E-state index in [1.165, 1.54) is 28.7 Å². The lowest BCUT2D eigenvalue weighted by atomic mass is 9.98. The molecule has 0 aromatic heterocycles. The van der Waals surface area contributed by atoms with Crippen LogP contribution in [0.3, 0.4) is 0 Å². The molecule has 0 aliphatic rings. The van der Waals surface area contributed by atoms with E-state index in [9.17, 15) is 4.39 Å². The maximum absolute atomic E-state index is 14.2. The molecule has 0 bridgehead atoms. The normalized spacial score (nSPS) is 10.9. The molecule has 0 atom stereocenters. The fourth-order valence-electron chi connectivity index (χ4n) is 3.53. The Bertz CT molecular complexity index is 844.